The molecule has 0 amide bonds. The first-order chi connectivity index (χ1) is 4.95. The fraction of sp³-hybridized carbons (Fsp3) is 0.857. The Kier molecular flexibility index (Phi) is 4.07. The van der Waals surface area contributed by atoms with Crippen molar-refractivity contribution < 1.29 is 20.4 Å². The number of hydrogen-bond donors (Lipinski definition) is 2. The van der Waals surface area contributed by atoms with Crippen LogP contribution in [0.15, 0.2) is 0 Å². The van der Waals surface area contributed by atoms with E-state index in [1.165, 1.54) is 6.92 Å². The Balaban J connectivity index is 4.00. The third-order valence-electron chi connectivity index (χ3n) is 1.34. The summed E-state index contributed by atoms with van der Waals surface area (Å²) in [7, 11) is 0. The van der Waals surface area contributed by atoms with Crippen LogP contribution in [-0.2, 0) is 9.53 Å². The van der Waals surface area contributed by atoms with Gasteiger partial charge in [0.05, 0.1) is 6.10 Å². The molecule has 0 radical (unpaired) electrons. The second-order valence-corrected chi connectivity index (χ2v) is 2.79. The maximum absolute atomic E-state index is 10.5. The zero-order valence-electron chi connectivity index (χ0n) is 7.20. The van der Waals surface area contributed by atoms with Crippen molar-refractivity contribution in [2.75, 3.05) is 0 Å². The lowest BCUT2D eigenvalue weighted by Gasteiger charge is -2.20. The monoisotopic (exact) mass is 162 g/mol. The standard InChI is InChI=1S/C7H15NO3/c1-4(8)7(5(2)9)11-6(3)10/h4-5,7,9H,8H2,1-3H3/p+1. The number of esters is 1. The highest BCUT2D eigenvalue weighted by Gasteiger charge is 2.24. The predicted octanol–water partition coefficient (Wildman–Crippen LogP) is -1.07. The Morgan fingerprint density at radius 2 is 2.00 bits per heavy atom. The lowest BCUT2D eigenvalue weighted by Crippen LogP contribution is -2.67. The minimum Gasteiger partial charge on any atom is -0.453 e. The normalized spacial score (nSPS) is 18.6. The van der Waals surface area contributed by atoms with Gasteiger partial charge in [0, 0.05) is 6.92 Å². The SMILES string of the molecule is CC(=O)OC(C(C)[NH3+])C(C)O. The third-order valence-corrected chi connectivity index (χ3v) is 1.34. The molecule has 0 aliphatic heterocycles. The van der Waals surface area contributed by atoms with Gasteiger partial charge in [-0.2, -0.15) is 0 Å². The number of ether oxygens (including phenoxy) is 1. The maximum Gasteiger partial charge on any atom is 0.303 e. The smallest absolute Gasteiger partial charge is 0.303 e. The van der Waals surface area contributed by atoms with E-state index in [4.69, 9.17) is 9.84 Å². The highest BCUT2D eigenvalue weighted by Crippen LogP contribution is 2.01. The van der Waals surface area contributed by atoms with E-state index in [1.54, 1.807) is 13.8 Å². The molecule has 4 heteroatoms. The summed E-state index contributed by atoms with van der Waals surface area (Å²) in [5.41, 5.74) is 3.68. The van der Waals surface area contributed by atoms with Gasteiger partial charge >= 0.3 is 5.97 Å². The van der Waals surface area contributed by atoms with Gasteiger partial charge in [-0.15, -0.1) is 0 Å². The van der Waals surface area contributed by atoms with Crippen LogP contribution in [0.4, 0.5) is 0 Å². The maximum atomic E-state index is 10.5. The van der Waals surface area contributed by atoms with Crippen LogP contribution in [0.2, 0.25) is 0 Å². The van der Waals surface area contributed by atoms with Crippen molar-refractivity contribution in [1.82, 2.24) is 0 Å². The predicted molar refractivity (Wildman–Crippen MR) is 39.6 cm³/mol. The Labute approximate surface area is 66.3 Å². The van der Waals surface area contributed by atoms with E-state index in [-0.39, 0.29) is 12.0 Å². The van der Waals surface area contributed by atoms with Crippen LogP contribution < -0.4 is 5.73 Å². The lowest BCUT2D eigenvalue weighted by molar-refractivity contribution is -0.435. The molecule has 0 aliphatic carbocycles. The fourth-order valence-electron chi connectivity index (χ4n) is 0.882. The molecule has 0 aromatic heterocycles. The minimum absolute atomic E-state index is 0.0982. The second-order valence-electron chi connectivity index (χ2n) is 2.79. The molecule has 11 heavy (non-hydrogen) atoms. The average Bonchev–Trinajstić information content (AvgIpc) is 1.81. The quantitative estimate of drug-likeness (QED) is 0.519. The Bertz CT molecular complexity index is 126. The van der Waals surface area contributed by atoms with Crippen molar-refractivity contribution in [3.63, 3.8) is 0 Å². The molecule has 4 nitrogen and oxygen atoms in total. The van der Waals surface area contributed by atoms with Crippen molar-refractivity contribution in [3.8, 4) is 0 Å². The number of quaternary nitrogens is 1. The molecule has 3 unspecified atom stereocenters. The number of aliphatic hydroxyl groups is 1. The molecule has 0 bridgehead atoms. The molecule has 0 aliphatic rings. The number of aliphatic hydroxyl groups excluding tert-OH is 1. The van der Waals surface area contributed by atoms with E-state index < -0.39 is 12.2 Å². The Hall–Kier alpha value is -0.610. The van der Waals surface area contributed by atoms with Crippen LogP contribution in [0.3, 0.4) is 0 Å². The van der Waals surface area contributed by atoms with Crippen LogP contribution in [0.25, 0.3) is 0 Å². The highest BCUT2D eigenvalue weighted by atomic mass is 16.6. The number of carbonyl (C=O) groups excluding carboxylic acids is 1. The van der Waals surface area contributed by atoms with Gasteiger partial charge in [0.25, 0.3) is 0 Å². The van der Waals surface area contributed by atoms with E-state index in [2.05, 4.69) is 5.73 Å². The zero-order valence-corrected chi connectivity index (χ0v) is 7.20. The summed E-state index contributed by atoms with van der Waals surface area (Å²) in [5, 5.41) is 9.11. The first-order valence-corrected chi connectivity index (χ1v) is 3.63. The molecule has 4 N–H and O–H groups in total. The molecule has 0 spiro atoms. The number of rotatable bonds is 3. The van der Waals surface area contributed by atoms with Gasteiger partial charge in [-0.05, 0) is 13.8 Å². The van der Waals surface area contributed by atoms with Gasteiger partial charge in [0.15, 0.2) is 6.10 Å². The summed E-state index contributed by atoms with van der Waals surface area (Å²) in [6, 6.07) is -0.0982. The summed E-state index contributed by atoms with van der Waals surface area (Å²) in [4.78, 5) is 10.5. The molecule has 0 saturated heterocycles. The summed E-state index contributed by atoms with van der Waals surface area (Å²) in [6.45, 7) is 4.69. The van der Waals surface area contributed by atoms with Crippen LogP contribution in [-0.4, -0.2) is 29.3 Å². The molecule has 0 aromatic carbocycles. The summed E-state index contributed by atoms with van der Waals surface area (Å²) in [6.07, 6.45) is -1.15. The third kappa shape index (κ3) is 3.95. The molecule has 0 heterocycles. The van der Waals surface area contributed by atoms with Crippen LogP contribution in [0.5, 0.6) is 0 Å². The Morgan fingerprint density at radius 3 is 2.09 bits per heavy atom. The first-order valence-electron chi connectivity index (χ1n) is 3.63. The van der Waals surface area contributed by atoms with E-state index >= 15 is 0 Å². The highest BCUT2D eigenvalue weighted by molar-refractivity contribution is 5.66. The van der Waals surface area contributed by atoms with Crippen LogP contribution in [0, 0.1) is 0 Å². The van der Waals surface area contributed by atoms with E-state index in [9.17, 15) is 4.79 Å². The van der Waals surface area contributed by atoms with E-state index in [1.807, 2.05) is 0 Å². The molecule has 0 fully saturated rings. The van der Waals surface area contributed by atoms with Crippen molar-refractivity contribution in [1.29, 1.82) is 0 Å². The van der Waals surface area contributed by atoms with E-state index in [0.29, 0.717) is 0 Å². The van der Waals surface area contributed by atoms with Crippen LogP contribution in [0.1, 0.15) is 20.8 Å². The van der Waals surface area contributed by atoms with Gasteiger partial charge < -0.3 is 15.6 Å². The molecule has 0 rings (SSSR count). The van der Waals surface area contributed by atoms with Crippen molar-refractivity contribution in [2.45, 2.75) is 39.0 Å². The molecule has 3 atom stereocenters. The summed E-state index contributed by atoms with van der Waals surface area (Å²) >= 11 is 0. The van der Waals surface area contributed by atoms with Crippen molar-refractivity contribution in [3.05, 3.63) is 0 Å². The fourth-order valence-corrected chi connectivity index (χ4v) is 0.882. The Morgan fingerprint density at radius 1 is 1.55 bits per heavy atom. The molecular weight excluding hydrogens is 146 g/mol. The molecule has 0 aromatic rings. The lowest BCUT2D eigenvalue weighted by atomic mass is 10.1. The number of hydrogen-bond acceptors (Lipinski definition) is 3. The van der Waals surface area contributed by atoms with Gasteiger partial charge in [-0.3, -0.25) is 4.79 Å². The molecule has 0 saturated carbocycles. The van der Waals surface area contributed by atoms with Crippen LogP contribution >= 0.6 is 0 Å². The van der Waals surface area contributed by atoms with Gasteiger partial charge in [-0.1, -0.05) is 0 Å². The van der Waals surface area contributed by atoms with Gasteiger partial charge in [0.2, 0.25) is 0 Å². The van der Waals surface area contributed by atoms with Crippen molar-refractivity contribution >= 4 is 5.97 Å². The minimum atomic E-state index is -0.661. The topological polar surface area (TPSA) is 74.2 Å². The summed E-state index contributed by atoms with van der Waals surface area (Å²) in [5.74, 6) is -0.383. The number of carbonyl (C=O) groups is 1. The zero-order chi connectivity index (χ0) is 9.02. The van der Waals surface area contributed by atoms with Gasteiger partial charge in [-0.25, -0.2) is 0 Å². The summed E-state index contributed by atoms with van der Waals surface area (Å²) < 4.78 is 4.82. The van der Waals surface area contributed by atoms with Gasteiger partial charge in [0.1, 0.15) is 6.04 Å². The largest absolute Gasteiger partial charge is 0.453 e. The molecular formula is C7H16NO3+. The molecule has 66 valence electrons. The first kappa shape index (κ1) is 10.4. The van der Waals surface area contributed by atoms with E-state index in [0.717, 1.165) is 0 Å². The second kappa shape index (κ2) is 4.31. The van der Waals surface area contributed by atoms with Crippen molar-refractivity contribution in [2.24, 2.45) is 0 Å². The average molecular weight is 162 g/mol.